The van der Waals surface area contributed by atoms with Gasteiger partial charge in [-0.05, 0) is 35.8 Å². The van der Waals surface area contributed by atoms with Crippen molar-refractivity contribution in [2.24, 2.45) is 11.8 Å². The van der Waals surface area contributed by atoms with Crippen LogP contribution in [-0.2, 0) is 33.9 Å². The smallest absolute Gasteiger partial charge is 0.437 e. The van der Waals surface area contributed by atoms with Gasteiger partial charge in [0.05, 0.1) is 12.5 Å². The highest BCUT2D eigenvalue weighted by Gasteiger charge is 2.29. The van der Waals surface area contributed by atoms with Crippen LogP contribution in [0.15, 0.2) is 69.9 Å². The van der Waals surface area contributed by atoms with E-state index < -0.39 is 35.6 Å². The van der Waals surface area contributed by atoms with Crippen LogP contribution in [0.25, 0.3) is 0 Å². The third kappa shape index (κ3) is 9.83. The Morgan fingerprint density at radius 1 is 0.850 bits per heavy atom. The third-order valence-corrected chi connectivity index (χ3v) is 6.09. The van der Waals surface area contributed by atoms with E-state index in [9.17, 15) is 19.2 Å². The van der Waals surface area contributed by atoms with Gasteiger partial charge >= 0.3 is 11.8 Å². The lowest BCUT2D eigenvalue weighted by molar-refractivity contribution is -0.130. The number of amides is 2. The first-order valence-electron chi connectivity index (χ1n) is 13.5. The van der Waals surface area contributed by atoms with Crippen LogP contribution in [0, 0.1) is 11.8 Å². The van der Waals surface area contributed by atoms with Crippen LogP contribution in [0.4, 0.5) is 4.79 Å². The third-order valence-electron chi connectivity index (χ3n) is 6.09. The molecule has 10 nitrogen and oxygen atoms in total. The second-order valence-corrected chi connectivity index (χ2v) is 10.6. The normalized spacial score (nSPS) is 12.7. The van der Waals surface area contributed by atoms with Crippen molar-refractivity contribution in [3.63, 3.8) is 0 Å². The van der Waals surface area contributed by atoms with Crippen molar-refractivity contribution in [3.8, 4) is 0 Å². The summed E-state index contributed by atoms with van der Waals surface area (Å²) in [5.74, 6) is -1.27. The molecule has 2 N–H and O–H groups in total. The Labute approximate surface area is 234 Å². The number of nitrogens with one attached hydrogen (secondary N) is 2. The van der Waals surface area contributed by atoms with Gasteiger partial charge in [-0.3, -0.25) is 9.59 Å². The Morgan fingerprint density at radius 2 is 1.43 bits per heavy atom. The fraction of sp³-hybridized carbons (Fsp3) is 0.433. The molecule has 1 heterocycles. The molecule has 0 radical (unpaired) electrons. The lowest BCUT2D eigenvalue weighted by atomic mass is 9.98. The molecule has 0 bridgehead atoms. The number of carbonyl (C=O) groups is 3. The molecule has 0 saturated heterocycles. The highest BCUT2D eigenvalue weighted by Crippen LogP contribution is 2.11. The van der Waals surface area contributed by atoms with E-state index in [0.29, 0.717) is 19.3 Å². The Balaban J connectivity index is 1.65. The number of hydrogen-bond donors (Lipinski definition) is 2. The van der Waals surface area contributed by atoms with E-state index in [2.05, 4.69) is 15.7 Å². The summed E-state index contributed by atoms with van der Waals surface area (Å²) in [5, 5.41) is 9.60. The molecule has 0 fully saturated rings. The van der Waals surface area contributed by atoms with Gasteiger partial charge in [0.15, 0.2) is 5.78 Å². The van der Waals surface area contributed by atoms with Crippen molar-refractivity contribution in [2.75, 3.05) is 0 Å². The number of hydrogen-bond acceptors (Lipinski definition) is 7. The van der Waals surface area contributed by atoms with Crippen molar-refractivity contribution in [2.45, 2.75) is 72.2 Å². The minimum Gasteiger partial charge on any atom is -0.445 e. The number of carbonyl (C=O) groups excluding carboxylic acids is 3. The summed E-state index contributed by atoms with van der Waals surface area (Å²) in [5.41, 5.74) is 1.73. The number of alkyl carbamates (subject to hydrolysis) is 1. The first-order valence-corrected chi connectivity index (χ1v) is 13.5. The number of rotatable bonds is 14. The molecule has 2 aromatic carbocycles. The first-order chi connectivity index (χ1) is 19.1. The molecule has 0 aliphatic carbocycles. The highest BCUT2D eigenvalue weighted by molar-refractivity contribution is 5.92. The predicted octanol–water partition coefficient (Wildman–Crippen LogP) is 3.87. The summed E-state index contributed by atoms with van der Waals surface area (Å²) in [7, 11) is 0. The zero-order valence-electron chi connectivity index (χ0n) is 23.5. The van der Waals surface area contributed by atoms with E-state index in [1.165, 1.54) is 0 Å². The molecule has 0 unspecified atom stereocenters. The van der Waals surface area contributed by atoms with Gasteiger partial charge in [-0.2, -0.15) is 4.68 Å². The SMILES string of the molecule is CC(C)C[C@H](NC(=O)[C@H](CC(C)C)NC(=O)OCc1ccccc1)C(=O)Cn1nc(Cc2ccccc2)oc1=O. The molecule has 3 rings (SSSR count). The van der Waals surface area contributed by atoms with Crippen molar-refractivity contribution in [3.05, 3.63) is 88.2 Å². The number of aromatic nitrogens is 2. The predicted molar refractivity (Wildman–Crippen MR) is 149 cm³/mol. The average Bonchev–Trinajstić information content (AvgIpc) is 3.25. The number of ether oxygens (including phenoxy) is 1. The lowest BCUT2D eigenvalue weighted by Crippen LogP contribution is -2.53. The summed E-state index contributed by atoms with van der Waals surface area (Å²) in [6.45, 7) is 7.43. The Kier molecular flexibility index (Phi) is 11.2. The molecule has 2 atom stereocenters. The summed E-state index contributed by atoms with van der Waals surface area (Å²) < 4.78 is 11.5. The van der Waals surface area contributed by atoms with E-state index in [-0.39, 0.29) is 30.9 Å². The fourth-order valence-corrected chi connectivity index (χ4v) is 4.17. The second kappa shape index (κ2) is 14.8. The number of nitrogens with zero attached hydrogens (tertiary/aromatic N) is 2. The maximum absolute atomic E-state index is 13.3. The maximum atomic E-state index is 13.3. The van der Waals surface area contributed by atoms with Gasteiger partial charge in [0.1, 0.15) is 19.2 Å². The molecule has 40 heavy (non-hydrogen) atoms. The molecule has 0 aliphatic rings. The molecular weight excluding hydrogens is 512 g/mol. The van der Waals surface area contributed by atoms with Gasteiger partial charge in [-0.1, -0.05) is 88.4 Å². The van der Waals surface area contributed by atoms with E-state index in [1.807, 2.05) is 88.4 Å². The molecule has 3 aromatic rings. The first kappa shape index (κ1) is 30.3. The molecule has 2 amide bonds. The van der Waals surface area contributed by atoms with E-state index in [4.69, 9.17) is 9.15 Å². The molecule has 1 aromatic heterocycles. The highest BCUT2D eigenvalue weighted by atomic mass is 16.5. The van der Waals surface area contributed by atoms with Gasteiger partial charge in [0.2, 0.25) is 11.8 Å². The topological polar surface area (TPSA) is 133 Å². The van der Waals surface area contributed by atoms with Gasteiger partial charge in [-0.25, -0.2) is 9.59 Å². The van der Waals surface area contributed by atoms with Gasteiger partial charge in [0, 0.05) is 0 Å². The van der Waals surface area contributed by atoms with Crippen LogP contribution >= 0.6 is 0 Å². The minimum absolute atomic E-state index is 0.0653. The van der Waals surface area contributed by atoms with Crippen molar-refractivity contribution in [1.29, 1.82) is 0 Å². The molecule has 0 aliphatic heterocycles. The summed E-state index contributed by atoms with van der Waals surface area (Å²) >= 11 is 0. The quantitative estimate of drug-likeness (QED) is 0.311. The number of Topliss-reactive ketones (excluding diaryl/α,β-unsaturated/α-hetero) is 1. The Morgan fingerprint density at radius 3 is 2.02 bits per heavy atom. The van der Waals surface area contributed by atoms with Crippen molar-refractivity contribution in [1.82, 2.24) is 20.4 Å². The fourth-order valence-electron chi connectivity index (χ4n) is 4.17. The molecule has 10 heteroatoms. The summed E-state index contributed by atoms with van der Waals surface area (Å²) in [6, 6.07) is 16.8. The number of ketones is 1. The van der Waals surface area contributed by atoms with Gasteiger partial charge in [0.25, 0.3) is 0 Å². The molecule has 0 saturated carbocycles. The largest absolute Gasteiger partial charge is 0.445 e. The van der Waals surface area contributed by atoms with Gasteiger partial charge in [-0.15, -0.1) is 5.10 Å². The van der Waals surface area contributed by atoms with E-state index in [0.717, 1.165) is 15.8 Å². The molecule has 214 valence electrons. The summed E-state index contributed by atoms with van der Waals surface area (Å²) in [4.78, 5) is 51.4. The lowest BCUT2D eigenvalue weighted by Gasteiger charge is -2.24. The van der Waals surface area contributed by atoms with E-state index in [1.54, 1.807) is 0 Å². The second-order valence-electron chi connectivity index (χ2n) is 10.6. The zero-order valence-corrected chi connectivity index (χ0v) is 23.5. The maximum Gasteiger partial charge on any atom is 0.437 e. The van der Waals surface area contributed by atoms with Crippen LogP contribution in [0.3, 0.4) is 0 Å². The number of benzene rings is 2. The monoisotopic (exact) mass is 550 g/mol. The van der Waals surface area contributed by atoms with Crippen LogP contribution in [0.2, 0.25) is 0 Å². The molecular formula is C30H38N4O6. The summed E-state index contributed by atoms with van der Waals surface area (Å²) in [6.07, 6.45) is 0.282. The zero-order chi connectivity index (χ0) is 29.1. The minimum atomic E-state index is -0.905. The Hall–Kier alpha value is -4.21. The van der Waals surface area contributed by atoms with Crippen molar-refractivity contribution >= 4 is 17.8 Å². The van der Waals surface area contributed by atoms with Crippen LogP contribution < -0.4 is 16.4 Å². The Bertz CT molecular complexity index is 1300. The standard InChI is InChI=1S/C30H38N4O6/c1-20(2)15-24(26(35)18-34-30(38)40-27(33-34)17-22-11-7-5-8-12-22)31-28(36)25(16-21(3)4)32-29(37)39-19-23-13-9-6-10-14-23/h5-14,20-21,24-25H,15-19H2,1-4H3,(H,31,36)(H,32,37)/t24-,25-/m0/s1. The average molecular weight is 551 g/mol. The van der Waals surface area contributed by atoms with Crippen LogP contribution in [-0.4, -0.2) is 39.6 Å². The van der Waals surface area contributed by atoms with Crippen LogP contribution in [0.5, 0.6) is 0 Å². The molecule has 0 spiro atoms. The van der Waals surface area contributed by atoms with Crippen molar-refractivity contribution < 1.29 is 23.5 Å². The van der Waals surface area contributed by atoms with Crippen LogP contribution in [0.1, 0.15) is 57.6 Å². The van der Waals surface area contributed by atoms with Gasteiger partial charge < -0.3 is 19.8 Å². The van der Waals surface area contributed by atoms with E-state index >= 15 is 0 Å².